The number of benzene rings is 1. The molecular weight excluding hydrogens is 224 g/mol. The van der Waals surface area contributed by atoms with Gasteiger partial charge in [-0.15, -0.1) is 0 Å². The molecule has 0 spiro atoms. The van der Waals surface area contributed by atoms with Gasteiger partial charge in [0, 0.05) is 18.6 Å². The number of halogens is 1. The number of carbonyl (C=O) groups excluding carboxylic acids is 1. The van der Waals surface area contributed by atoms with Crippen molar-refractivity contribution in [2.24, 2.45) is 5.92 Å². The molecule has 1 aromatic carbocycles. The fourth-order valence-electron chi connectivity index (χ4n) is 1.89. The van der Waals surface area contributed by atoms with Crippen LogP contribution >= 0.6 is 11.6 Å². The van der Waals surface area contributed by atoms with E-state index in [4.69, 9.17) is 16.3 Å². The second-order valence-electron chi connectivity index (χ2n) is 4.26. The van der Waals surface area contributed by atoms with Crippen LogP contribution in [-0.4, -0.2) is 19.0 Å². The quantitative estimate of drug-likeness (QED) is 0.789. The molecule has 86 valence electrons. The molecule has 1 aliphatic carbocycles. The maximum Gasteiger partial charge on any atom is 0.166 e. The lowest BCUT2D eigenvalue weighted by Crippen LogP contribution is -2.26. The SMILES string of the molecule is COC(C(=O)Cc1ccc(Cl)cc1)C1CC1. The molecule has 16 heavy (non-hydrogen) atoms. The predicted octanol–water partition coefficient (Wildman–Crippen LogP) is 2.88. The Morgan fingerprint density at radius 1 is 1.44 bits per heavy atom. The summed E-state index contributed by atoms with van der Waals surface area (Å²) in [6.07, 6.45) is 2.46. The summed E-state index contributed by atoms with van der Waals surface area (Å²) in [5.41, 5.74) is 0.997. The Balaban J connectivity index is 1.97. The van der Waals surface area contributed by atoms with E-state index in [0.29, 0.717) is 17.4 Å². The molecule has 1 fully saturated rings. The van der Waals surface area contributed by atoms with E-state index in [9.17, 15) is 4.79 Å². The minimum absolute atomic E-state index is 0.173. The second kappa shape index (κ2) is 4.98. The zero-order valence-corrected chi connectivity index (χ0v) is 10.0. The normalized spacial score (nSPS) is 17.1. The van der Waals surface area contributed by atoms with E-state index in [1.54, 1.807) is 7.11 Å². The number of ketones is 1. The maximum atomic E-state index is 12.0. The van der Waals surface area contributed by atoms with Gasteiger partial charge in [0.15, 0.2) is 5.78 Å². The molecule has 1 aliphatic rings. The molecule has 0 aliphatic heterocycles. The molecular formula is C13H15ClO2. The van der Waals surface area contributed by atoms with Gasteiger partial charge in [0.1, 0.15) is 6.10 Å². The number of hydrogen-bond donors (Lipinski definition) is 0. The molecule has 0 heterocycles. The molecule has 0 saturated heterocycles. The van der Waals surface area contributed by atoms with Crippen molar-refractivity contribution in [3.05, 3.63) is 34.9 Å². The molecule has 0 bridgehead atoms. The van der Waals surface area contributed by atoms with Gasteiger partial charge in [0.25, 0.3) is 0 Å². The third kappa shape index (κ3) is 2.83. The fourth-order valence-corrected chi connectivity index (χ4v) is 2.02. The van der Waals surface area contributed by atoms with Crippen LogP contribution in [0.1, 0.15) is 18.4 Å². The molecule has 1 atom stereocenters. The Labute approximate surface area is 101 Å². The first-order valence-corrected chi connectivity index (χ1v) is 5.88. The van der Waals surface area contributed by atoms with E-state index >= 15 is 0 Å². The Morgan fingerprint density at radius 3 is 2.56 bits per heavy atom. The van der Waals surface area contributed by atoms with Crippen molar-refractivity contribution >= 4 is 17.4 Å². The Morgan fingerprint density at radius 2 is 2.06 bits per heavy atom. The first kappa shape index (κ1) is 11.6. The molecule has 2 nitrogen and oxygen atoms in total. The lowest BCUT2D eigenvalue weighted by molar-refractivity contribution is -0.129. The second-order valence-corrected chi connectivity index (χ2v) is 4.70. The number of hydrogen-bond acceptors (Lipinski definition) is 2. The lowest BCUT2D eigenvalue weighted by atomic mass is 10.0. The third-order valence-electron chi connectivity index (χ3n) is 2.91. The smallest absolute Gasteiger partial charge is 0.166 e. The van der Waals surface area contributed by atoms with Crippen molar-refractivity contribution in [2.45, 2.75) is 25.4 Å². The highest BCUT2D eigenvalue weighted by molar-refractivity contribution is 6.30. The predicted molar refractivity (Wildman–Crippen MR) is 63.7 cm³/mol. The standard InChI is InChI=1S/C13H15ClO2/c1-16-13(10-4-5-10)12(15)8-9-2-6-11(14)7-3-9/h2-3,6-7,10,13H,4-5,8H2,1H3. The van der Waals surface area contributed by atoms with Gasteiger partial charge in [0.05, 0.1) is 0 Å². The zero-order chi connectivity index (χ0) is 11.5. The van der Waals surface area contributed by atoms with Crippen LogP contribution in [0.4, 0.5) is 0 Å². The average molecular weight is 239 g/mol. The van der Waals surface area contributed by atoms with Gasteiger partial charge in [-0.2, -0.15) is 0 Å². The fraction of sp³-hybridized carbons (Fsp3) is 0.462. The number of methoxy groups -OCH3 is 1. The van der Waals surface area contributed by atoms with E-state index in [1.165, 1.54) is 0 Å². The van der Waals surface area contributed by atoms with E-state index in [2.05, 4.69) is 0 Å². The monoisotopic (exact) mass is 238 g/mol. The van der Waals surface area contributed by atoms with Crippen LogP contribution in [0.5, 0.6) is 0 Å². The Bertz CT molecular complexity index is 368. The average Bonchev–Trinajstić information content (AvgIpc) is 3.07. The summed E-state index contributed by atoms with van der Waals surface area (Å²) in [6, 6.07) is 7.39. The molecule has 2 rings (SSSR count). The minimum Gasteiger partial charge on any atom is -0.373 e. The zero-order valence-electron chi connectivity index (χ0n) is 9.28. The van der Waals surface area contributed by atoms with E-state index in [-0.39, 0.29) is 11.9 Å². The molecule has 1 saturated carbocycles. The van der Waals surface area contributed by atoms with E-state index in [1.807, 2.05) is 24.3 Å². The summed E-state index contributed by atoms with van der Waals surface area (Å²) >= 11 is 5.79. The Kier molecular flexibility index (Phi) is 3.62. The summed E-state index contributed by atoms with van der Waals surface area (Å²) < 4.78 is 5.26. The Hall–Kier alpha value is -0.860. The van der Waals surface area contributed by atoms with Crippen molar-refractivity contribution in [2.75, 3.05) is 7.11 Å². The summed E-state index contributed by atoms with van der Waals surface area (Å²) in [6.45, 7) is 0. The maximum absolute atomic E-state index is 12.0. The third-order valence-corrected chi connectivity index (χ3v) is 3.17. The van der Waals surface area contributed by atoms with Crippen LogP contribution in [0.25, 0.3) is 0 Å². The van der Waals surface area contributed by atoms with Crippen LogP contribution in [0.2, 0.25) is 5.02 Å². The van der Waals surface area contributed by atoms with Crippen molar-refractivity contribution in [1.29, 1.82) is 0 Å². The van der Waals surface area contributed by atoms with E-state index in [0.717, 1.165) is 18.4 Å². The molecule has 0 radical (unpaired) electrons. The van der Waals surface area contributed by atoms with Crippen LogP contribution in [0.15, 0.2) is 24.3 Å². The van der Waals surface area contributed by atoms with Crippen LogP contribution in [0.3, 0.4) is 0 Å². The summed E-state index contributed by atoms with van der Waals surface area (Å²) in [7, 11) is 1.61. The van der Waals surface area contributed by atoms with E-state index < -0.39 is 0 Å². The minimum atomic E-state index is -0.212. The molecule has 0 amide bonds. The summed E-state index contributed by atoms with van der Waals surface area (Å²) in [4.78, 5) is 12.0. The highest BCUT2D eigenvalue weighted by atomic mass is 35.5. The summed E-state index contributed by atoms with van der Waals surface area (Å²) in [5.74, 6) is 0.622. The van der Waals surface area contributed by atoms with Crippen molar-refractivity contribution in [3.63, 3.8) is 0 Å². The number of carbonyl (C=O) groups is 1. The molecule has 3 heteroatoms. The van der Waals surface area contributed by atoms with Crippen LogP contribution in [0, 0.1) is 5.92 Å². The highest BCUT2D eigenvalue weighted by Gasteiger charge is 2.35. The first-order valence-electron chi connectivity index (χ1n) is 5.50. The molecule has 1 unspecified atom stereocenters. The van der Waals surface area contributed by atoms with Gasteiger partial charge in [-0.25, -0.2) is 0 Å². The van der Waals surface area contributed by atoms with Crippen molar-refractivity contribution in [3.8, 4) is 0 Å². The van der Waals surface area contributed by atoms with Crippen LogP contribution in [-0.2, 0) is 16.0 Å². The lowest BCUT2D eigenvalue weighted by Gasteiger charge is -2.12. The van der Waals surface area contributed by atoms with Gasteiger partial charge in [-0.3, -0.25) is 4.79 Å². The van der Waals surface area contributed by atoms with Gasteiger partial charge in [-0.05, 0) is 36.5 Å². The number of rotatable bonds is 5. The van der Waals surface area contributed by atoms with Gasteiger partial charge >= 0.3 is 0 Å². The topological polar surface area (TPSA) is 26.3 Å². The van der Waals surface area contributed by atoms with Gasteiger partial charge < -0.3 is 4.74 Å². The van der Waals surface area contributed by atoms with Crippen molar-refractivity contribution in [1.82, 2.24) is 0 Å². The van der Waals surface area contributed by atoms with Gasteiger partial charge in [0.2, 0.25) is 0 Å². The molecule has 1 aromatic rings. The van der Waals surface area contributed by atoms with Crippen molar-refractivity contribution < 1.29 is 9.53 Å². The molecule has 0 aromatic heterocycles. The largest absolute Gasteiger partial charge is 0.373 e. The first-order chi connectivity index (χ1) is 7.70. The highest BCUT2D eigenvalue weighted by Crippen LogP contribution is 2.34. The van der Waals surface area contributed by atoms with Gasteiger partial charge in [-0.1, -0.05) is 23.7 Å². The number of Topliss-reactive ketones (excluding diaryl/α,β-unsaturated/α-hetero) is 1. The number of ether oxygens (including phenoxy) is 1. The van der Waals surface area contributed by atoms with Crippen LogP contribution < -0.4 is 0 Å². The molecule has 0 N–H and O–H groups in total. The summed E-state index contributed by atoms with van der Waals surface area (Å²) in [5, 5.41) is 0.696.